The fourth-order valence-electron chi connectivity index (χ4n) is 0.676. The lowest BCUT2D eigenvalue weighted by atomic mass is 10.2. The highest BCUT2D eigenvalue weighted by Crippen LogP contribution is 2.15. The highest BCUT2D eigenvalue weighted by Gasteiger charge is 2.09. The van der Waals surface area contributed by atoms with E-state index in [1.165, 1.54) is 12.1 Å². The molecule has 1 rings (SSSR count). The predicted molar refractivity (Wildman–Crippen MR) is 63.0 cm³/mol. The lowest BCUT2D eigenvalue weighted by Gasteiger charge is -2.10. The Morgan fingerprint density at radius 2 is 1.71 bits per heavy atom. The molecule has 0 aromatic heterocycles. The first-order valence-electron chi connectivity index (χ1n) is 4.74. The predicted octanol–water partition coefficient (Wildman–Crippen LogP) is 3.24. The van der Waals surface area contributed by atoms with Gasteiger partial charge in [-0.15, -0.1) is 0 Å². The van der Waals surface area contributed by atoms with Gasteiger partial charge in [0.25, 0.3) is 0 Å². The van der Waals surface area contributed by atoms with E-state index in [9.17, 15) is 4.79 Å². The number of carbonyl (C=O) groups excluding carboxylic acids is 1. The van der Waals surface area contributed by atoms with Crippen LogP contribution in [0.25, 0.3) is 0 Å². The minimum atomic E-state index is -0.851. The molecule has 6 heteroatoms. The molecule has 96 valence electrons. The number of hydrogen-bond donors (Lipinski definition) is 2. The summed E-state index contributed by atoms with van der Waals surface area (Å²) < 4.78 is 0. The van der Waals surface area contributed by atoms with E-state index < -0.39 is 11.6 Å². The largest absolute Gasteiger partial charge is 0.374 e. The van der Waals surface area contributed by atoms with E-state index in [1.807, 2.05) is 0 Å². The quantitative estimate of drug-likeness (QED) is 0.600. The topological polar surface area (TPSA) is 76.0 Å². The average Bonchev–Trinajstić information content (AvgIpc) is 2.28. The maximum absolute atomic E-state index is 10.7. The molecule has 0 heterocycles. The molecule has 5 nitrogen and oxygen atoms in total. The summed E-state index contributed by atoms with van der Waals surface area (Å²) in [5, 5.41) is 16.2. The van der Waals surface area contributed by atoms with E-state index in [2.05, 4.69) is 9.78 Å². The first-order chi connectivity index (χ1) is 7.81. The Labute approximate surface area is 104 Å². The maximum atomic E-state index is 10.7. The van der Waals surface area contributed by atoms with Crippen molar-refractivity contribution >= 4 is 17.6 Å². The second-order valence-electron chi connectivity index (χ2n) is 4.06. The van der Waals surface area contributed by atoms with Gasteiger partial charge >= 0.3 is 5.97 Å². The van der Waals surface area contributed by atoms with E-state index in [-0.39, 0.29) is 10.6 Å². The molecule has 0 atom stereocenters. The third-order valence-electron chi connectivity index (χ3n) is 1.45. The molecule has 0 aliphatic heterocycles. The van der Waals surface area contributed by atoms with Crippen LogP contribution in [0.3, 0.4) is 0 Å². The molecular formula is C11H15ClO5. The Bertz CT molecular complexity index is 359. The minimum absolute atomic E-state index is 0.150. The summed E-state index contributed by atoms with van der Waals surface area (Å²) in [6.45, 7) is 5.31. The fraction of sp³-hybridized carbons (Fsp3) is 0.364. The van der Waals surface area contributed by atoms with Crippen molar-refractivity contribution in [1.82, 2.24) is 0 Å². The summed E-state index contributed by atoms with van der Waals surface area (Å²) in [4.78, 5) is 18.1. The average molecular weight is 263 g/mol. The van der Waals surface area contributed by atoms with Gasteiger partial charge in [-0.1, -0.05) is 23.7 Å². The van der Waals surface area contributed by atoms with Crippen LogP contribution < -0.4 is 0 Å². The van der Waals surface area contributed by atoms with E-state index in [0.29, 0.717) is 0 Å². The molecule has 1 aromatic carbocycles. The number of halogens is 1. The van der Waals surface area contributed by atoms with Gasteiger partial charge in [0.15, 0.2) is 0 Å². The van der Waals surface area contributed by atoms with Crippen LogP contribution in [-0.4, -0.2) is 22.1 Å². The maximum Gasteiger partial charge on any atom is 0.374 e. The van der Waals surface area contributed by atoms with Crippen molar-refractivity contribution < 1.29 is 25.1 Å². The van der Waals surface area contributed by atoms with Gasteiger partial charge in [0.2, 0.25) is 0 Å². The fourth-order valence-corrected chi connectivity index (χ4v) is 0.889. The molecule has 0 bridgehead atoms. The minimum Gasteiger partial charge on any atom is -0.295 e. The molecule has 0 amide bonds. The Hall–Kier alpha value is -1.14. The summed E-state index contributed by atoms with van der Waals surface area (Å²) in [5.74, 6) is -0.851. The molecule has 17 heavy (non-hydrogen) atoms. The van der Waals surface area contributed by atoms with E-state index in [4.69, 9.17) is 22.1 Å². The smallest absolute Gasteiger partial charge is 0.295 e. The lowest BCUT2D eigenvalue weighted by Crippen LogP contribution is -2.15. The van der Waals surface area contributed by atoms with Gasteiger partial charge in [-0.2, -0.15) is 5.26 Å². The standard InChI is InChI=1S/C7H5ClO3.C4H10O2/c8-6-4-2-1-3-5(6)7(9)11-10;1-4(2,3)6-5/h1-4,10H;5H,1-3H3. The van der Waals surface area contributed by atoms with Gasteiger partial charge in [-0.05, 0) is 32.9 Å². The lowest BCUT2D eigenvalue weighted by molar-refractivity contribution is -0.306. The van der Waals surface area contributed by atoms with Gasteiger partial charge in [-0.3, -0.25) is 10.1 Å². The molecule has 0 saturated heterocycles. The summed E-state index contributed by atoms with van der Waals surface area (Å²) in [5.41, 5.74) is -0.253. The highest BCUT2D eigenvalue weighted by atomic mass is 35.5. The normalized spacial score (nSPS) is 10.2. The Morgan fingerprint density at radius 3 is 2.06 bits per heavy atom. The first-order valence-corrected chi connectivity index (χ1v) is 5.12. The third-order valence-corrected chi connectivity index (χ3v) is 1.78. The second-order valence-corrected chi connectivity index (χ2v) is 4.47. The van der Waals surface area contributed by atoms with Crippen LogP contribution in [0.2, 0.25) is 5.02 Å². The third kappa shape index (κ3) is 6.91. The number of rotatable bonds is 1. The Morgan fingerprint density at radius 1 is 1.24 bits per heavy atom. The van der Waals surface area contributed by atoms with Gasteiger partial charge in [0.05, 0.1) is 16.2 Å². The molecule has 1 aromatic rings. The van der Waals surface area contributed by atoms with Crippen molar-refractivity contribution in [2.24, 2.45) is 0 Å². The van der Waals surface area contributed by atoms with Gasteiger partial charge < -0.3 is 0 Å². The molecule has 0 spiro atoms. The van der Waals surface area contributed by atoms with Gasteiger partial charge in [0, 0.05) is 0 Å². The molecule has 0 fully saturated rings. The van der Waals surface area contributed by atoms with Crippen LogP contribution in [0, 0.1) is 0 Å². The van der Waals surface area contributed by atoms with Crippen molar-refractivity contribution in [3.05, 3.63) is 34.9 Å². The molecule has 0 aliphatic rings. The second kappa shape index (κ2) is 7.24. The van der Waals surface area contributed by atoms with Crippen molar-refractivity contribution in [3.63, 3.8) is 0 Å². The van der Waals surface area contributed by atoms with E-state index in [0.717, 1.165) is 0 Å². The number of hydrogen-bond acceptors (Lipinski definition) is 5. The van der Waals surface area contributed by atoms with Gasteiger partial charge in [-0.25, -0.2) is 9.68 Å². The monoisotopic (exact) mass is 262 g/mol. The van der Waals surface area contributed by atoms with Crippen molar-refractivity contribution in [1.29, 1.82) is 0 Å². The van der Waals surface area contributed by atoms with Crippen molar-refractivity contribution in [2.45, 2.75) is 26.4 Å². The number of benzene rings is 1. The molecule has 0 aliphatic carbocycles. The van der Waals surface area contributed by atoms with Crippen LogP contribution in [0.15, 0.2) is 24.3 Å². The molecule has 2 N–H and O–H groups in total. The number of carbonyl (C=O) groups is 1. The summed E-state index contributed by atoms with van der Waals surface area (Å²) in [6, 6.07) is 6.29. The van der Waals surface area contributed by atoms with Gasteiger partial charge in [0.1, 0.15) is 0 Å². The van der Waals surface area contributed by atoms with Crippen LogP contribution >= 0.6 is 11.6 Å². The van der Waals surface area contributed by atoms with Crippen LogP contribution in [0.4, 0.5) is 0 Å². The Kier molecular flexibility index (Phi) is 6.75. The molecular weight excluding hydrogens is 248 g/mol. The molecule has 0 saturated carbocycles. The Balaban J connectivity index is 0.000000366. The van der Waals surface area contributed by atoms with E-state index in [1.54, 1.807) is 32.9 Å². The van der Waals surface area contributed by atoms with Crippen LogP contribution in [0.5, 0.6) is 0 Å². The molecule has 0 unspecified atom stereocenters. The molecule has 0 radical (unpaired) electrons. The first kappa shape index (κ1) is 15.9. The zero-order chi connectivity index (χ0) is 13.5. The summed E-state index contributed by atoms with van der Waals surface area (Å²) in [6.07, 6.45) is 0. The zero-order valence-electron chi connectivity index (χ0n) is 9.81. The zero-order valence-corrected chi connectivity index (χ0v) is 10.6. The summed E-state index contributed by atoms with van der Waals surface area (Å²) in [7, 11) is 0. The highest BCUT2D eigenvalue weighted by molar-refractivity contribution is 6.33. The van der Waals surface area contributed by atoms with Crippen LogP contribution in [-0.2, 0) is 9.78 Å². The van der Waals surface area contributed by atoms with Crippen molar-refractivity contribution in [3.8, 4) is 0 Å². The van der Waals surface area contributed by atoms with Crippen LogP contribution in [0.1, 0.15) is 31.1 Å². The van der Waals surface area contributed by atoms with Crippen molar-refractivity contribution in [2.75, 3.05) is 0 Å². The SMILES string of the molecule is CC(C)(C)OO.O=C(OO)c1ccccc1Cl. The summed E-state index contributed by atoms with van der Waals surface area (Å²) >= 11 is 5.59. The van der Waals surface area contributed by atoms with E-state index >= 15 is 0 Å².